The summed E-state index contributed by atoms with van der Waals surface area (Å²) in [6.07, 6.45) is -4.44. The summed E-state index contributed by atoms with van der Waals surface area (Å²) in [7, 11) is 1.26. The van der Waals surface area contributed by atoms with Gasteiger partial charge in [-0.1, -0.05) is 23.9 Å². The lowest BCUT2D eigenvalue weighted by Gasteiger charge is -2.12. The summed E-state index contributed by atoms with van der Waals surface area (Å²) in [5, 5.41) is 0. The van der Waals surface area contributed by atoms with Crippen LogP contribution in [0.3, 0.4) is 0 Å². The van der Waals surface area contributed by atoms with Crippen molar-refractivity contribution >= 4 is 23.4 Å². The van der Waals surface area contributed by atoms with E-state index in [4.69, 9.17) is 5.73 Å². The van der Waals surface area contributed by atoms with Crippen LogP contribution >= 0.6 is 11.8 Å². The van der Waals surface area contributed by atoms with Crippen molar-refractivity contribution in [2.75, 3.05) is 12.8 Å². The van der Waals surface area contributed by atoms with E-state index in [-0.39, 0.29) is 5.69 Å². The van der Waals surface area contributed by atoms with Crippen LogP contribution in [0, 0.1) is 0 Å². The van der Waals surface area contributed by atoms with Gasteiger partial charge in [-0.25, -0.2) is 4.79 Å². The van der Waals surface area contributed by atoms with Gasteiger partial charge in [0, 0.05) is 15.5 Å². The Balaban J connectivity index is 2.34. The number of rotatable bonds is 3. The quantitative estimate of drug-likeness (QED) is 0.677. The van der Waals surface area contributed by atoms with Crippen LogP contribution in [-0.2, 0) is 10.9 Å². The number of esters is 1. The first-order chi connectivity index (χ1) is 10.3. The van der Waals surface area contributed by atoms with Gasteiger partial charge >= 0.3 is 12.1 Å². The summed E-state index contributed by atoms with van der Waals surface area (Å²) in [5.41, 5.74) is 5.21. The first-order valence-electron chi connectivity index (χ1n) is 6.15. The molecule has 3 nitrogen and oxygen atoms in total. The number of hydrogen-bond donors (Lipinski definition) is 1. The molecule has 0 bridgehead atoms. The van der Waals surface area contributed by atoms with Gasteiger partial charge in [0.15, 0.2) is 0 Å². The first kappa shape index (κ1) is 16.2. The summed E-state index contributed by atoms with van der Waals surface area (Å²) < 4.78 is 42.5. The smallest absolute Gasteiger partial charge is 0.416 e. The average Bonchev–Trinajstić information content (AvgIpc) is 2.48. The van der Waals surface area contributed by atoms with Crippen LogP contribution in [0.5, 0.6) is 0 Å². The minimum absolute atomic E-state index is 0.000469. The fourth-order valence-corrected chi connectivity index (χ4v) is 2.73. The summed E-state index contributed by atoms with van der Waals surface area (Å²) in [6, 6.07) is 9.77. The van der Waals surface area contributed by atoms with Crippen molar-refractivity contribution in [2.45, 2.75) is 16.0 Å². The highest BCUT2D eigenvalue weighted by molar-refractivity contribution is 7.99. The highest BCUT2D eigenvalue weighted by Gasteiger charge is 2.30. The highest BCUT2D eigenvalue weighted by atomic mass is 32.2. The fraction of sp³-hybridized carbons (Fsp3) is 0.133. The molecule has 0 aliphatic rings. The number of alkyl halides is 3. The van der Waals surface area contributed by atoms with Gasteiger partial charge in [-0.15, -0.1) is 0 Å². The maximum absolute atomic E-state index is 12.6. The van der Waals surface area contributed by atoms with E-state index >= 15 is 0 Å². The zero-order valence-electron chi connectivity index (χ0n) is 11.5. The van der Waals surface area contributed by atoms with E-state index in [9.17, 15) is 18.0 Å². The summed E-state index contributed by atoms with van der Waals surface area (Å²) >= 11 is 1.11. The molecular formula is C15H12F3NO2S. The molecule has 0 aliphatic heterocycles. The number of nitrogen functional groups attached to an aromatic ring is 1. The lowest BCUT2D eigenvalue weighted by molar-refractivity contribution is -0.137. The zero-order chi connectivity index (χ0) is 16.3. The molecule has 0 saturated carbocycles. The van der Waals surface area contributed by atoms with Gasteiger partial charge in [-0.2, -0.15) is 13.2 Å². The van der Waals surface area contributed by atoms with E-state index in [1.54, 1.807) is 24.3 Å². The molecule has 0 saturated heterocycles. The largest absolute Gasteiger partial charge is 0.465 e. The van der Waals surface area contributed by atoms with Gasteiger partial charge in [0.05, 0.1) is 18.2 Å². The molecule has 0 spiro atoms. The summed E-state index contributed by atoms with van der Waals surface area (Å²) in [4.78, 5) is 12.7. The monoisotopic (exact) mass is 327 g/mol. The molecule has 0 atom stereocenters. The second kappa shape index (κ2) is 6.31. The molecule has 2 aromatic carbocycles. The maximum Gasteiger partial charge on any atom is 0.416 e. The zero-order valence-corrected chi connectivity index (χ0v) is 12.3. The van der Waals surface area contributed by atoms with E-state index < -0.39 is 17.7 Å². The molecule has 0 radical (unpaired) electrons. The van der Waals surface area contributed by atoms with Crippen molar-refractivity contribution in [3.8, 4) is 0 Å². The minimum Gasteiger partial charge on any atom is -0.465 e. The van der Waals surface area contributed by atoms with Gasteiger partial charge in [0.25, 0.3) is 0 Å². The number of carbonyl (C=O) groups excluding carboxylic acids is 1. The van der Waals surface area contributed by atoms with E-state index in [2.05, 4.69) is 4.74 Å². The number of anilines is 1. The number of halogens is 3. The Morgan fingerprint density at radius 2 is 1.82 bits per heavy atom. The van der Waals surface area contributed by atoms with E-state index in [0.717, 1.165) is 23.9 Å². The van der Waals surface area contributed by atoms with E-state index in [0.29, 0.717) is 15.4 Å². The van der Waals surface area contributed by atoms with Gasteiger partial charge in [-0.05, 0) is 30.3 Å². The minimum atomic E-state index is -4.44. The molecule has 2 aromatic rings. The molecule has 0 aromatic heterocycles. The van der Waals surface area contributed by atoms with Crippen molar-refractivity contribution in [3.63, 3.8) is 0 Å². The van der Waals surface area contributed by atoms with Gasteiger partial charge in [-0.3, -0.25) is 0 Å². The van der Waals surface area contributed by atoms with Crippen LogP contribution in [0.1, 0.15) is 15.9 Å². The third kappa shape index (κ3) is 3.54. The van der Waals surface area contributed by atoms with Crippen molar-refractivity contribution in [1.29, 1.82) is 0 Å². The van der Waals surface area contributed by atoms with E-state index in [1.165, 1.54) is 13.2 Å². The lowest BCUT2D eigenvalue weighted by Crippen LogP contribution is -2.06. The summed E-state index contributed by atoms with van der Waals surface area (Å²) in [5.74, 6) is -0.520. The van der Waals surface area contributed by atoms with Gasteiger partial charge in [0.1, 0.15) is 0 Å². The van der Waals surface area contributed by atoms with Gasteiger partial charge in [0.2, 0.25) is 0 Å². The maximum atomic E-state index is 12.6. The second-order valence-electron chi connectivity index (χ2n) is 4.34. The standard InChI is InChI=1S/C15H12F3NO2S/c1-21-14(20)10-4-2-3-5-12(10)22-13-7-6-9(8-11(13)19)15(16,17)18/h2-8H,19H2,1H3. The Kier molecular flexibility index (Phi) is 4.65. The topological polar surface area (TPSA) is 52.3 Å². The molecule has 0 unspecified atom stereocenters. The predicted octanol–water partition coefficient (Wildman–Crippen LogP) is 4.23. The SMILES string of the molecule is COC(=O)c1ccccc1Sc1ccc(C(F)(F)F)cc1N. The van der Waals surface area contributed by atoms with Crippen LogP contribution in [0.15, 0.2) is 52.3 Å². The number of hydrogen-bond acceptors (Lipinski definition) is 4. The fourth-order valence-electron chi connectivity index (χ4n) is 1.77. The van der Waals surface area contributed by atoms with Crippen LogP contribution in [-0.4, -0.2) is 13.1 Å². The van der Waals surface area contributed by atoms with Crippen LogP contribution in [0.4, 0.5) is 18.9 Å². The third-order valence-electron chi connectivity index (χ3n) is 2.85. The Morgan fingerprint density at radius 3 is 2.41 bits per heavy atom. The van der Waals surface area contributed by atoms with Gasteiger partial charge < -0.3 is 10.5 Å². The van der Waals surface area contributed by atoms with Crippen molar-refractivity contribution < 1.29 is 22.7 Å². The molecular weight excluding hydrogens is 315 g/mol. The lowest BCUT2D eigenvalue weighted by atomic mass is 10.2. The van der Waals surface area contributed by atoms with Crippen LogP contribution in [0.25, 0.3) is 0 Å². The molecule has 0 fully saturated rings. The Hall–Kier alpha value is -2.15. The second-order valence-corrected chi connectivity index (χ2v) is 5.42. The molecule has 2 rings (SSSR count). The molecule has 0 aliphatic carbocycles. The van der Waals surface area contributed by atoms with Crippen molar-refractivity contribution in [1.82, 2.24) is 0 Å². The summed E-state index contributed by atoms with van der Waals surface area (Å²) in [6.45, 7) is 0. The predicted molar refractivity (Wildman–Crippen MR) is 77.8 cm³/mol. The molecule has 2 N–H and O–H groups in total. The number of methoxy groups -OCH3 is 1. The number of carbonyl (C=O) groups is 1. The van der Waals surface area contributed by atoms with Crippen LogP contribution < -0.4 is 5.73 Å². The molecule has 22 heavy (non-hydrogen) atoms. The average molecular weight is 327 g/mol. The first-order valence-corrected chi connectivity index (χ1v) is 6.96. The third-order valence-corrected chi connectivity index (χ3v) is 4.02. The molecule has 7 heteroatoms. The molecule has 116 valence electrons. The number of nitrogens with two attached hydrogens (primary N) is 1. The Morgan fingerprint density at radius 1 is 1.14 bits per heavy atom. The number of benzene rings is 2. The molecule has 0 heterocycles. The van der Waals surface area contributed by atoms with Crippen molar-refractivity contribution in [3.05, 3.63) is 53.6 Å². The normalized spacial score (nSPS) is 11.3. The van der Waals surface area contributed by atoms with Crippen LogP contribution in [0.2, 0.25) is 0 Å². The van der Waals surface area contributed by atoms with E-state index in [1.807, 2.05) is 0 Å². The van der Waals surface area contributed by atoms with Crippen molar-refractivity contribution in [2.24, 2.45) is 0 Å². The number of ether oxygens (including phenoxy) is 1. The Labute approximate surface area is 129 Å². The molecule has 0 amide bonds. The highest BCUT2D eigenvalue weighted by Crippen LogP contribution is 2.38. The Bertz CT molecular complexity index is 701.